The Morgan fingerprint density at radius 3 is 2.67 bits per heavy atom. The summed E-state index contributed by atoms with van der Waals surface area (Å²) < 4.78 is 10.3. The Morgan fingerprint density at radius 1 is 1.33 bits per heavy atom. The summed E-state index contributed by atoms with van der Waals surface area (Å²) in [7, 11) is 0. The van der Waals surface area contributed by atoms with Crippen LogP contribution in [0.2, 0.25) is 0 Å². The first-order valence-electron chi connectivity index (χ1n) is 3.64. The molecule has 1 aliphatic heterocycles. The molecule has 1 heterocycles. The summed E-state index contributed by atoms with van der Waals surface area (Å²) >= 11 is 0. The van der Waals surface area contributed by atoms with Crippen LogP contribution in [-0.4, -0.2) is 25.9 Å². The monoisotopic (exact) mass is 128 g/mol. The molecule has 2 aliphatic rings. The number of hydrogen-bond donors (Lipinski definition) is 0. The molecule has 0 aromatic rings. The van der Waals surface area contributed by atoms with Gasteiger partial charge in [0.25, 0.3) is 0 Å². The average molecular weight is 128 g/mol. The van der Waals surface area contributed by atoms with Gasteiger partial charge in [-0.25, -0.2) is 0 Å². The minimum Gasteiger partial charge on any atom is -0.378 e. The molecule has 9 heavy (non-hydrogen) atoms. The second-order valence-electron chi connectivity index (χ2n) is 2.94. The molecule has 0 N–H and O–H groups in total. The van der Waals surface area contributed by atoms with E-state index in [1.165, 1.54) is 12.8 Å². The third-order valence-corrected chi connectivity index (χ3v) is 1.76. The van der Waals surface area contributed by atoms with Crippen LogP contribution in [0.3, 0.4) is 0 Å². The maximum atomic E-state index is 5.36. The molecular formula is C7H12O2. The van der Waals surface area contributed by atoms with Crippen LogP contribution in [0.15, 0.2) is 0 Å². The molecular weight excluding hydrogens is 116 g/mol. The van der Waals surface area contributed by atoms with Crippen LogP contribution in [-0.2, 0) is 9.47 Å². The van der Waals surface area contributed by atoms with Gasteiger partial charge in [0.15, 0.2) is 0 Å². The summed E-state index contributed by atoms with van der Waals surface area (Å²) in [4.78, 5) is 0. The number of hydrogen-bond acceptors (Lipinski definition) is 2. The van der Waals surface area contributed by atoms with E-state index in [0.29, 0.717) is 6.10 Å². The van der Waals surface area contributed by atoms with Crippen LogP contribution in [0, 0.1) is 5.92 Å². The van der Waals surface area contributed by atoms with Gasteiger partial charge in [-0.1, -0.05) is 0 Å². The molecule has 1 saturated carbocycles. The second-order valence-corrected chi connectivity index (χ2v) is 2.94. The normalized spacial score (nSPS) is 32.7. The van der Waals surface area contributed by atoms with Crippen LogP contribution in [0.1, 0.15) is 12.8 Å². The largest absolute Gasteiger partial charge is 0.378 e. The molecule has 2 nitrogen and oxygen atoms in total. The Labute approximate surface area is 55.1 Å². The predicted octanol–water partition coefficient (Wildman–Crippen LogP) is 0.812. The van der Waals surface area contributed by atoms with Crippen LogP contribution >= 0.6 is 0 Å². The Bertz CT molecular complexity index is 83.1. The number of epoxide rings is 1. The highest BCUT2D eigenvalue weighted by atomic mass is 16.6. The molecule has 2 heteroatoms. The molecule has 1 saturated heterocycles. The van der Waals surface area contributed by atoms with E-state index >= 15 is 0 Å². The summed E-state index contributed by atoms with van der Waals surface area (Å²) in [6.07, 6.45) is 3.21. The van der Waals surface area contributed by atoms with Gasteiger partial charge in [-0.05, 0) is 18.8 Å². The second kappa shape index (κ2) is 2.27. The molecule has 2 rings (SSSR count). The van der Waals surface area contributed by atoms with E-state index in [2.05, 4.69) is 0 Å². The molecule has 0 unspecified atom stereocenters. The van der Waals surface area contributed by atoms with Gasteiger partial charge in [-0.2, -0.15) is 0 Å². The van der Waals surface area contributed by atoms with E-state index in [1.54, 1.807) is 0 Å². The Balaban J connectivity index is 1.46. The third-order valence-electron chi connectivity index (χ3n) is 1.76. The van der Waals surface area contributed by atoms with Gasteiger partial charge in [-0.15, -0.1) is 0 Å². The topological polar surface area (TPSA) is 21.8 Å². The van der Waals surface area contributed by atoms with E-state index in [4.69, 9.17) is 9.47 Å². The molecule has 0 amide bonds. The molecule has 1 aliphatic carbocycles. The van der Waals surface area contributed by atoms with Crippen LogP contribution in [0.25, 0.3) is 0 Å². The highest BCUT2D eigenvalue weighted by Gasteiger charge is 2.25. The molecule has 0 spiro atoms. The van der Waals surface area contributed by atoms with E-state index in [9.17, 15) is 0 Å². The van der Waals surface area contributed by atoms with Crippen molar-refractivity contribution in [3.05, 3.63) is 0 Å². The first-order chi connectivity index (χ1) is 4.45. The Hall–Kier alpha value is -0.0800. The molecule has 0 radical (unpaired) electrons. The first kappa shape index (κ1) is 5.69. The zero-order chi connectivity index (χ0) is 6.10. The lowest BCUT2D eigenvalue weighted by atomic mass is 10.4. The summed E-state index contributed by atoms with van der Waals surface area (Å²) in [5, 5.41) is 0. The SMILES string of the molecule is C1CC1COC[C@@H]1CO1. The van der Waals surface area contributed by atoms with Gasteiger partial charge in [0.1, 0.15) is 6.10 Å². The van der Waals surface area contributed by atoms with Crippen LogP contribution < -0.4 is 0 Å². The number of rotatable bonds is 4. The molecule has 0 bridgehead atoms. The van der Waals surface area contributed by atoms with Crippen molar-refractivity contribution in [1.29, 1.82) is 0 Å². The van der Waals surface area contributed by atoms with E-state index in [-0.39, 0.29) is 0 Å². The van der Waals surface area contributed by atoms with Crippen molar-refractivity contribution < 1.29 is 9.47 Å². The highest BCUT2D eigenvalue weighted by molar-refractivity contribution is 4.73. The average Bonchev–Trinajstić information content (AvgIpc) is 2.57. The van der Waals surface area contributed by atoms with E-state index in [0.717, 1.165) is 25.7 Å². The lowest BCUT2D eigenvalue weighted by Gasteiger charge is -1.97. The lowest BCUT2D eigenvalue weighted by Crippen LogP contribution is -2.03. The summed E-state index contributed by atoms with van der Waals surface area (Å²) in [6.45, 7) is 2.72. The Morgan fingerprint density at radius 2 is 2.11 bits per heavy atom. The van der Waals surface area contributed by atoms with Crippen LogP contribution in [0.4, 0.5) is 0 Å². The lowest BCUT2D eigenvalue weighted by molar-refractivity contribution is 0.108. The molecule has 0 aromatic carbocycles. The van der Waals surface area contributed by atoms with Crippen molar-refractivity contribution in [2.45, 2.75) is 18.9 Å². The standard InChI is InChI=1S/C7H12O2/c1-2-6(1)3-8-4-7-5-9-7/h6-7H,1-5H2/t7-/m1/s1. The van der Waals surface area contributed by atoms with Crippen molar-refractivity contribution in [3.63, 3.8) is 0 Å². The smallest absolute Gasteiger partial charge is 0.104 e. The highest BCUT2D eigenvalue weighted by Crippen LogP contribution is 2.29. The zero-order valence-corrected chi connectivity index (χ0v) is 5.51. The fourth-order valence-corrected chi connectivity index (χ4v) is 0.815. The van der Waals surface area contributed by atoms with E-state index in [1.807, 2.05) is 0 Å². The van der Waals surface area contributed by atoms with Crippen LogP contribution in [0.5, 0.6) is 0 Å². The van der Waals surface area contributed by atoms with Gasteiger partial charge in [0.2, 0.25) is 0 Å². The van der Waals surface area contributed by atoms with Gasteiger partial charge in [-0.3, -0.25) is 0 Å². The quantitative estimate of drug-likeness (QED) is 0.523. The van der Waals surface area contributed by atoms with Gasteiger partial charge in [0.05, 0.1) is 13.2 Å². The van der Waals surface area contributed by atoms with Crippen molar-refractivity contribution in [2.75, 3.05) is 19.8 Å². The molecule has 52 valence electrons. The first-order valence-corrected chi connectivity index (χ1v) is 3.64. The van der Waals surface area contributed by atoms with Gasteiger partial charge in [0, 0.05) is 6.61 Å². The van der Waals surface area contributed by atoms with Crippen molar-refractivity contribution in [1.82, 2.24) is 0 Å². The fraction of sp³-hybridized carbons (Fsp3) is 1.00. The summed E-state index contributed by atoms with van der Waals surface area (Å²) in [5.41, 5.74) is 0. The van der Waals surface area contributed by atoms with Gasteiger partial charge >= 0.3 is 0 Å². The van der Waals surface area contributed by atoms with Gasteiger partial charge < -0.3 is 9.47 Å². The minimum atomic E-state index is 0.448. The maximum absolute atomic E-state index is 5.36. The molecule has 0 aromatic heterocycles. The van der Waals surface area contributed by atoms with Crippen molar-refractivity contribution in [2.24, 2.45) is 5.92 Å². The summed E-state index contributed by atoms with van der Waals surface area (Å²) in [6, 6.07) is 0. The minimum absolute atomic E-state index is 0.448. The van der Waals surface area contributed by atoms with E-state index < -0.39 is 0 Å². The number of ether oxygens (including phenoxy) is 2. The van der Waals surface area contributed by atoms with Crippen molar-refractivity contribution in [3.8, 4) is 0 Å². The third kappa shape index (κ3) is 1.95. The summed E-state index contributed by atoms with van der Waals surface area (Å²) in [5.74, 6) is 0.892. The molecule has 2 fully saturated rings. The van der Waals surface area contributed by atoms with Crippen molar-refractivity contribution >= 4 is 0 Å². The zero-order valence-electron chi connectivity index (χ0n) is 5.51. The predicted molar refractivity (Wildman–Crippen MR) is 33.3 cm³/mol. The fourth-order valence-electron chi connectivity index (χ4n) is 0.815. The molecule has 1 atom stereocenters. The Kier molecular flexibility index (Phi) is 1.44. The maximum Gasteiger partial charge on any atom is 0.104 e.